The van der Waals surface area contributed by atoms with Crippen molar-refractivity contribution in [1.29, 1.82) is 0 Å². The first-order valence-corrected chi connectivity index (χ1v) is 11.6. The lowest BCUT2D eigenvalue weighted by Gasteiger charge is -2.33. The smallest absolute Gasteiger partial charge is 0.241 e. The van der Waals surface area contributed by atoms with Gasteiger partial charge in [0.05, 0.1) is 12.7 Å². The first-order valence-electron chi connectivity index (χ1n) is 11.2. The Kier molecular flexibility index (Phi) is 6.69. The monoisotopic (exact) mass is 477 g/mol. The molecule has 0 saturated carbocycles. The van der Waals surface area contributed by atoms with Crippen LogP contribution in [-0.4, -0.2) is 57.0 Å². The van der Waals surface area contributed by atoms with Crippen molar-refractivity contribution in [2.45, 2.75) is 19.4 Å². The van der Waals surface area contributed by atoms with Crippen molar-refractivity contribution in [1.82, 2.24) is 24.9 Å². The van der Waals surface area contributed by atoms with Gasteiger partial charge in [-0.25, -0.2) is 4.98 Å². The summed E-state index contributed by atoms with van der Waals surface area (Å²) < 4.78 is 11.2. The minimum atomic E-state index is 0.107. The van der Waals surface area contributed by atoms with Gasteiger partial charge in [-0.1, -0.05) is 47.1 Å². The van der Waals surface area contributed by atoms with Gasteiger partial charge in [0.25, 0.3) is 0 Å². The Morgan fingerprint density at radius 2 is 1.71 bits per heavy atom. The summed E-state index contributed by atoms with van der Waals surface area (Å²) in [6.07, 6.45) is 2.52. The molecule has 0 N–H and O–H groups in total. The molecule has 5 rings (SSSR count). The average Bonchev–Trinajstić information content (AvgIpc) is 3.54. The van der Waals surface area contributed by atoms with Gasteiger partial charge in [0.15, 0.2) is 11.7 Å². The first kappa shape index (κ1) is 22.3. The van der Waals surface area contributed by atoms with Crippen molar-refractivity contribution >= 4 is 17.5 Å². The molecule has 4 aromatic rings. The third-order valence-corrected chi connectivity index (χ3v) is 6.07. The topological polar surface area (TPSA) is 88.5 Å². The molecule has 0 unspecified atom stereocenters. The van der Waals surface area contributed by atoms with E-state index in [9.17, 15) is 4.79 Å². The molecule has 1 aliphatic heterocycles. The zero-order valence-electron chi connectivity index (χ0n) is 18.6. The zero-order chi connectivity index (χ0) is 23.3. The van der Waals surface area contributed by atoms with E-state index in [1.54, 1.807) is 6.20 Å². The van der Waals surface area contributed by atoms with Crippen molar-refractivity contribution in [2.24, 2.45) is 0 Å². The van der Waals surface area contributed by atoms with Crippen LogP contribution in [0.5, 0.6) is 0 Å². The number of rotatable bonds is 7. The maximum Gasteiger partial charge on any atom is 0.241 e. The highest BCUT2D eigenvalue weighted by Gasteiger charge is 2.23. The van der Waals surface area contributed by atoms with Gasteiger partial charge in [-0.2, -0.15) is 4.98 Å². The number of carbonyl (C=O) groups excluding carboxylic acids is 1. The fraction of sp³-hybridized carbons (Fsp3) is 0.280. The molecular formula is C25H24ClN5O3. The Bertz CT molecular complexity index is 1230. The zero-order valence-corrected chi connectivity index (χ0v) is 19.3. The highest BCUT2D eigenvalue weighted by molar-refractivity contribution is 6.30. The molecular weight excluding hydrogens is 454 g/mol. The largest absolute Gasteiger partial charge is 0.441 e. The van der Waals surface area contributed by atoms with Crippen LogP contribution >= 0.6 is 11.6 Å². The Hall–Kier alpha value is -3.49. The van der Waals surface area contributed by atoms with Gasteiger partial charge >= 0.3 is 0 Å². The van der Waals surface area contributed by atoms with Gasteiger partial charge in [-0.05, 0) is 24.3 Å². The van der Waals surface area contributed by atoms with Gasteiger partial charge in [-0.15, -0.1) is 0 Å². The molecule has 0 aliphatic carbocycles. The fourth-order valence-corrected chi connectivity index (χ4v) is 4.04. The van der Waals surface area contributed by atoms with Crippen LogP contribution in [0.1, 0.15) is 18.2 Å². The molecule has 1 fully saturated rings. The van der Waals surface area contributed by atoms with Crippen LogP contribution in [0.25, 0.3) is 22.7 Å². The number of aryl methyl sites for hydroxylation is 1. The van der Waals surface area contributed by atoms with Gasteiger partial charge in [0.1, 0.15) is 0 Å². The van der Waals surface area contributed by atoms with E-state index in [-0.39, 0.29) is 5.91 Å². The predicted octanol–water partition coefficient (Wildman–Crippen LogP) is 4.32. The van der Waals surface area contributed by atoms with Crippen molar-refractivity contribution in [3.63, 3.8) is 0 Å². The van der Waals surface area contributed by atoms with E-state index < -0.39 is 0 Å². The summed E-state index contributed by atoms with van der Waals surface area (Å²) in [5, 5.41) is 4.74. The van der Waals surface area contributed by atoms with E-state index >= 15 is 0 Å². The minimum Gasteiger partial charge on any atom is -0.441 e. The van der Waals surface area contributed by atoms with E-state index in [1.165, 1.54) is 0 Å². The van der Waals surface area contributed by atoms with E-state index in [2.05, 4.69) is 20.0 Å². The molecule has 9 heteroatoms. The number of oxazole rings is 1. The first-order chi connectivity index (χ1) is 16.6. The minimum absolute atomic E-state index is 0.107. The summed E-state index contributed by atoms with van der Waals surface area (Å²) in [4.78, 5) is 25.6. The lowest BCUT2D eigenvalue weighted by molar-refractivity contribution is -0.133. The number of benzene rings is 2. The van der Waals surface area contributed by atoms with Crippen molar-refractivity contribution < 1.29 is 13.7 Å². The molecule has 8 nitrogen and oxygen atoms in total. The molecule has 0 radical (unpaired) electrons. The summed E-state index contributed by atoms with van der Waals surface area (Å²) >= 11 is 5.93. The van der Waals surface area contributed by atoms with Crippen LogP contribution in [0.3, 0.4) is 0 Å². The van der Waals surface area contributed by atoms with E-state index in [1.807, 2.05) is 59.5 Å². The Morgan fingerprint density at radius 3 is 2.47 bits per heavy atom. The lowest BCUT2D eigenvalue weighted by Crippen LogP contribution is -2.48. The third-order valence-electron chi connectivity index (χ3n) is 5.82. The molecule has 0 bridgehead atoms. The van der Waals surface area contributed by atoms with Crippen molar-refractivity contribution in [3.8, 4) is 22.7 Å². The summed E-state index contributed by atoms with van der Waals surface area (Å²) in [7, 11) is 0. The van der Waals surface area contributed by atoms with E-state index in [0.29, 0.717) is 60.9 Å². The van der Waals surface area contributed by atoms with Crippen molar-refractivity contribution in [3.05, 3.63) is 77.6 Å². The number of piperazine rings is 1. The molecule has 1 saturated heterocycles. The van der Waals surface area contributed by atoms with E-state index in [0.717, 1.165) is 24.2 Å². The Labute approximate surface area is 202 Å². The predicted molar refractivity (Wildman–Crippen MR) is 127 cm³/mol. The molecule has 2 aromatic heterocycles. The number of halogens is 1. The SMILES string of the molecule is O=C(CCc1ncc(-c2ccc(Cl)cc2)o1)N1CCN(Cc2nc(-c3ccccc3)no2)CC1. The molecule has 2 aromatic carbocycles. The average molecular weight is 478 g/mol. The van der Waals surface area contributed by atoms with Gasteiger partial charge < -0.3 is 13.8 Å². The second-order valence-electron chi connectivity index (χ2n) is 8.16. The highest BCUT2D eigenvalue weighted by atomic mass is 35.5. The number of amides is 1. The van der Waals surface area contributed by atoms with Gasteiger partial charge in [0.2, 0.25) is 17.6 Å². The van der Waals surface area contributed by atoms with Crippen molar-refractivity contribution in [2.75, 3.05) is 26.2 Å². The van der Waals surface area contributed by atoms with E-state index in [4.69, 9.17) is 20.5 Å². The number of carbonyl (C=O) groups is 1. The molecule has 0 atom stereocenters. The normalized spacial score (nSPS) is 14.4. The number of hydrogen-bond acceptors (Lipinski definition) is 7. The molecule has 34 heavy (non-hydrogen) atoms. The molecule has 3 heterocycles. The standard InChI is InChI=1S/C25H24ClN5O3/c26-20-8-6-18(7-9-20)21-16-27-22(33-21)10-11-24(32)31-14-12-30(13-15-31)17-23-28-25(29-34-23)19-4-2-1-3-5-19/h1-9,16H,10-15,17H2. The molecule has 1 amide bonds. The number of aromatic nitrogens is 3. The summed E-state index contributed by atoms with van der Waals surface area (Å²) in [5.74, 6) is 2.51. The second-order valence-corrected chi connectivity index (χ2v) is 8.60. The summed E-state index contributed by atoms with van der Waals surface area (Å²) in [6.45, 7) is 3.43. The lowest BCUT2D eigenvalue weighted by atomic mass is 10.2. The van der Waals surface area contributed by atoms with Crippen LogP contribution in [0.15, 0.2) is 69.7 Å². The van der Waals surface area contributed by atoms with Gasteiger partial charge in [0, 0.05) is 55.2 Å². The Morgan fingerprint density at radius 1 is 0.941 bits per heavy atom. The second kappa shape index (κ2) is 10.2. The summed E-state index contributed by atoms with van der Waals surface area (Å²) in [6, 6.07) is 17.1. The van der Waals surface area contributed by atoms with Crippen LogP contribution in [0, 0.1) is 0 Å². The fourth-order valence-electron chi connectivity index (χ4n) is 3.92. The van der Waals surface area contributed by atoms with Crippen LogP contribution in [-0.2, 0) is 17.8 Å². The quantitative estimate of drug-likeness (QED) is 0.391. The molecule has 0 spiro atoms. The Balaban J connectivity index is 1.08. The summed E-state index contributed by atoms with van der Waals surface area (Å²) in [5.41, 5.74) is 1.84. The van der Waals surface area contributed by atoms with Crippen LogP contribution in [0.2, 0.25) is 5.02 Å². The van der Waals surface area contributed by atoms with Crippen LogP contribution in [0.4, 0.5) is 0 Å². The van der Waals surface area contributed by atoms with Gasteiger partial charge in [-0.3, -0.25) is 9.69 Å². The number of hydrogen-bond donors (Lipinski definition) is 0. The maximum absolute atomic E-state index is 12.7. The highest BCUT2D eigenvalue weighted by Crippen LogP contribution is 2.23. The maximum atomic E-state index is 12.7. The third kappa shape index (κ3) is 5.35. The molecule has 174 valence electrons. The molecule has 1 aliphatic rings. The number of nitrogens with zero attached hydrogens (tertiary/aromatic N) is 5. The van der Waals surface area contributed by atoms with Crippen LogP contribution < -0.4 is 0 Å².